The molecule has 0 aliphatic carbocycles. The first kappa shape index (κ1) is 12.0. The molecule has 0 amide bonds. The lowest BCUT2D eigenvalue weighted by Gasteiger charge is -2.02. The van der Waals surface area contributed by atoms with Gasteiger partial charge in [0.1, 0.15) is 6.33 Å². The molecule has 1 aliphatic heterocycles. The third-order valence-corrected chi connectivity index (χ3v) is 3.37. The Morgan fingerprint density at radius 3 is 2.95 bits per heavy atom. The second kappa shape index (κ2) is 4.63. The van der Waals surface area contributed by atoms with Crippen molar-refractivity contribution in [2.45, 2.75) is 0 Å². The molecule has 21 heavy (non-hydrogen) atoms. The number of para-hydroxylation sites is 2. The van der Waals surface area contributed by atoms with Crippen LogP contribution in [-0.4, -0.2) is 16.3 Å². The molecular formula is C16H11FN2O2. The second-order valence-electron chi connectivity index (χ2n) is 4.68. The highest BCUT2D eigenvalue weighted by molar-refractivity contribution is 5.81. The number of hydrogen-bond donors (Lipinski definition) is 0. The molecular weight excluding hydrogens is 271 g/mol. The summed E-state index contributed by atoms with van der Waals surface area (Å²) in [6.45, 7) is 0.205. The van der Waals surface area contributed by atoms with Gasteiger partial charge in [0.2, 0.25) is 6.79 Å². The minimum Gasteiger partial charge on any atom is -0.454 e. The average molecular weight is 282 g/mol. The van der Waals surface area contributed by atoms with Crippen molar-refractivity contribution in [1.29, 1.82) is 0 Å². The van der Waals surface area contributed by atoms with Gasteiger partial charge in [0.25, 0.3) is 0 Å². The van der Waals surface area contributed by atoms with Gasteiger partial charge in [-0.2, -0.15) is 4.39 Å². The van der Waals surface area contributed by atoms with E-state index in [0.29, 0.717) is 17.1 Å². The number of ether oxygens (including phenoxy) is 2. The predicted octanol–water partition coefficient (Wildman–Crippen LogP) is 3.69. The van der Waals surface area contributed by atoms with Gasteiger partial charge in [-0.1, -0.05) is 18.2 Å². The molecule has 0 N–H and O–H groups in total. The lowest BCUT2D eigenvalue weighted by molar-refractivity contribution is 0.174. The fraction of sp³-hybridized carbons (Fsp3) is 0.0625. The molecule has 2 aromatic carbocycles. The monoisotopic (exact) mass is 282 g/mol. The number of fused-ring (bicyclic) bond motifs is 2. The number of imidazole rings is 1. The second-order valence-corrected chi connectivity index (χ2v) is 4.68. The van der Waals surface area contributed by atoms with Crippen LogP contribution in [0.3, 0.4) is 0 Å². The van der Waals surface area contributed by atoms with Gasteiger partial charge in [0.15, 0.2) is 17.4 Å². The highest BCUT2D eigenvalue weighted by Gasteiger charge is 2.13. The summed E-state index contributed by atoms with van der Waals surface area (Å²) in [6.07, 6.45) is 2.92. The predicted molar refractivity (Wildman–Crippen MR) is 77.6 cm³/mol. The van der Waals surface area contributed by atoms with E-state index in [9.17, 15) is 4.39 Å². The fourth-order valence-corrected chi connectivity index (χ4v) is 2.34. The summed E-state index contributed by atoms with van der Waals surface area (Å²) in [5.41, 5.74) is 2.19. The van der Waals surface area contributed by atoms with Gasteiger partial charge in [-0.3, -0.25) is 4.57 Å². The number of nitrogens with zero attached hydrogens (tertiary/aromatic N) is 2. The van der Waals surface area contributed by atoms with Gasteiger partial charge in [-0.25, -0.2) is 4.98 Å². The van der Waals surface area contributed by atoms with Gasteiger partial charge in [-0.15, -0.1) is 0 Å². The number of aromatic nitrogens is 2. The zero-order chi connectivity index (χ0) is 14.2. The van der Waals surface area contributed by atoms with Crippen LogP contribution in [-0.2, 0) is 0 Å². The van der Waals surface area contributed by atoms with E-state index in [4.69, 9.17) is 9.47 Å². The van der Waals surface area contributed by atoms with E-state index in [1.54, 1.807) is 18.2 Å². The summed E-state index contributed by atoms with van der Waals surface area (Å²) in [5, 5.41) is 0. The van der Waals surface area contributed by atoms with Crippen molar-refractivity contribution in [1.82, 2.24) is 9.55 Å². The molecule has 0 bridgehead atoms. The van der Waals surface area contributed by atoms with Gasteiger partial charge < -0.3 is 9.47 Å². The number of hydrogen-bond acceptors (Lipinski definition) is 3. The Bertz CT molecular complexity index is 854. The number of rotatable bonds is 2. The molecule has 0 atom stereocenters. The van der Waals surface area contributed by atoms with Crippen LogP contribution in [0.15, 0.2) is 48.8 Å². The van der Waals surface area contributed by atoms with Gasteiger partial charge >= 0.3 is 0 Å². The molecule has 0 saturated heterocycles. The first-order valence-corrected chi connectivity index (χ1v) is 6.50. The highest BCUT2D eigenvalue weighted by Crippen LogP contribution is 2.33. The Kier molecular flexibility index (Phi) is 2.64. The molecule has 104 valence electrons. The van der Waals surface area contributed by atoms with Crippen LogP contribution in [0.5, 0.6) is 11.5 Å². The number of benzene rings is 2. The van der Waals surface area contributed by atoms with Crippen molar-refractivity contribution >= 4 is 23.1 Å². The molecule has 0 radical (unpaired) electrons. The molecule has 0 fully saturated rings. The highest BCUT2D eigenvalue weighted by atomic mass is 19.1. The van der Waals surface area contributed by atoms with Crippen molar-refractivity contribution in [2.75, 3.05) is 6.79 Å². The molecule has 3 aromatic rings. The van der Waals surface area contributed by atoms with Crippen LogP contribution >= 0.6 is 0 Å². The standard InChI is InChI=1S/C16H11FN2O2/c17-16(19-9-18-12-3-1-2-4-13(12)19)8-11-5-6-14-15(7-11)21-10-20-14/h1-9H,10H2/b16-8-. The summed E-state index contributed by atoms with van der Waals surface area (Å²) in [5.74, 6) is 0.912. The lowest BCUT2D eigenvalue weighted by Crippen LogP contribution is -1.92. The van der Waals surface area contributed by atoms with E-state index in [1.165, 1.54) is 17.0 Å². The summed E-state index contributed by atoms with van der Waals surface area (Å²) in [7, 11) is 0. The minimum atomic E-state index is -0.400. The fourth-order valence-electron chi connectivity index (χ4n) is 2.34. The summed E-state index contributed by atoms with van der Waals surface area (Å²) in [4.78, 5) is 4.18. The smallest absolute Gasteiger partial charge is 0.231 e. The van der Waals surface area contributed by atoms with Crippen LogP contribution < -0.4 is 9.47 Å². The molecule has 0 unspecified atom stereocenters. The van der Waals surface area contributed by atoms with Gasteiger partial charge in [0.05, 0.1) is 11.0 Å². The molecule has 5 heteroatoms. The molecule has 4 rings (SSSR count). The molecule has 4 nitrogen and oxygen atoms in total. The normalized spacial score (nSPS) is 13.9. The number of halogens is 1. The van der Waals surface area contributed by atoms with E-state index in [0.717, 1.165) is 11.0 Å². The van der Waals surface area contributed by atoms with E-state index < -0.39 is 5.95 Å². The Morgan fingerprint density at radius 2 is 2.00 bits per heavy atom. The van der Waals surface area contributed by atoms with E-state index >= 15 is 0 Å². The Balaban J connectivity index is 1.75. The largest absolute Gasteiger partial charge is 0.454 e. The van der Waals surface area contributed by atoms with Crippen molar-refractivity contribution < 1.29 is 13.9 Å². The SMILES string of the molecule is F/C(=C/c1ccc2c(c1)OCO2)n1cnc2ccccc21. The van der Waals surface area contributed by atoms with Crippen LogP contribution in [0.2, 0.25) is 0 Å². The maximum absolute atomic E-state index is 14.4. The zero-order valence-corrected chi connectivity index (χ0v) is 11.0. The van der Waals surface area contributed by atoms with Crippen molar-refractivity contribution in [3.63, 3.8) is 0 Å². The van der Waals surface area contributed by atoms with Crippen LogP contribution in [0.1, 0.15) is 5.56 Å². The quantitative estimate of drug-likeness (QED) is 0.719. The van der Waals surface area contributed by atoms with Gasteiger partial charge in [0, 0.05) is 0 Å². The van der Waals surface area contributed by atoms with Crippen LogP contribution in [0.4, 0.5) is 4.39 Å². The summed E-state index contributed by atoms with van der Waals surface area (Å²) < 4.78 is 26.4. The first-order valence-electron chi connectivity index (χ1n) is 6.50. The summed E-state index contributed by atoms with van der Waals surface area (Å²) >= 11 is 0. The third kappa shape index (κ3) is 2.03. The zero-order valence-electron chi connectivity index (χ0n) is 11.0. The lowest BCUT2D eigenvalue weighted by atomic mass is 10.2. The minimum absolute atomic E-state index is 0.205. The topological polar surface area (TPSA) is 36.3 Å². The Labute approximate surface area is 120 Å². The van der Waals surface area contributed by atoms with Crippen molar-refractivity contribution in [3.8, 4) is 11.5 Å². The molecule has 0 saturated carbocycles. The van der Waals surface area contributed by atoms with Gasteiger partial charge in [-0.05, 0) is 35.9 Å². The average Bonchev–Trinajstić information content (AvgIpc) is 3.13. The maximum Gasteiger partial charge on any atom is 0.231 e. The third-order valence-electron chi connectivity index (χ3n) is 3.37. The Morgan fingerprint density at radius 1 is 1.14 bits per heavy atom. The van der Waals surface area contributed by atoms with E-state index in [-0.39, 0.29) is 6.79 Å². The molecule has 0 spiro atoms. The van der Waals surface area contributed by atoms with Crippen LogP contribution in [0, 0.1) is 0 Å². The first-order chi connectivity index (χ1) is 10.3. The van der Waals surface area contributed by atoms with Crippen molar-refractivity contribution in [3.05, 3.63) is 54.4 Å². The van der Waals surface area contributed by atoms with Crippen molar-refractivity contribution in [2.24, 2.45) is 0 Å². The Hall–Kier alpha value is -2.82. The summed E-state index contributed by atoms with van der Waals surface area (Å²) in [6, 6.07) is 12.7. The molecule has 2 heterocycles. The molecule has 1 aliphatic rings. The van der Waals surface area contributed by atoms with E-state index in [2.05, 4.69) is 4.98 Å². The molecule has 1 aromatic heterocycles. The maximum atomic E-state index is 14.4. The van der Waals surface area contributed by atoms with Crippen LogP contribution in [0.25, 0.3) is 23.1 Å². The van der Waals surface area contributed by atoms with E-state index in [1.807, 2.05) is 24.3 Å².